The van der Waals surface area contributed by atoms with Gasteiger partial charge in [0.05, 0.1) is 12.8 Å². The van der Waals surface area contributed by atoms with Crippen LogP contribution in [0, 0.1) is 6.92 Å². The third kappa shape index (κ3) is 6.05. The average molecular weight is 470 g/mol. The van der Waals surface area contributed by atoms with Crippen LogP contribution in [0.4, 0.5) is 5.69 Å². The molecular formula is C23H24BrN3O3. The van der Waals surface area contributed by atoms with Crippen LogP contribution in [0.1, 0.15) is 16.8 Å². The number of nitrogens with one attached hydrogen (secondary N) is 2. The van der Waals surface area contributed by atoms with Crippen molar-refractivity contribution in [2.24, 2.45) is 0 Å². The van der Waals surface area contributed by atoms with Gasteiger partial charge in [0.1, 0.15) is 0 Å². The number of hydrogen-bond donors (Lipinski definition) is 2. The molecule has 2 N–H and O–H groups in total. The topological polar surface area (TPSA) is 72.5 Å². The Morgan fingerprint density at radius 1 is 1.07 bits per heavy atom. The molecule has 1 heterocycles. The number of pyridine rings is 1. The van der Waals surface area contributed by atoms with Crippen LogP contribution in [-0.2, 0) is 17.9 Å². The van der Waals surface area contributed by atoms with E-state index < -0.39 is 0 Å². The zero-order chi connectivity index (χ0) is 21.3. The molecule has 30 heavy (non-hydrogen) atoms. The van der Waals surface area contributed by atoms with Crippen molar-refractivity contribution < 1.29 is 14.3 Å². The minimum Gasteiger partial charge on any atom is -0.493 e. The Bertz CT molecular complexity index is 979. The van der Waals surface area contributed by atoms with Crippen molar-refractivity contribution >= 4 is 27.5 Å². The summed E-state index contributed by atoms with van der Waals surface area (Å²) < 4.78 is 12.2. The van der Waals surface area contributed by atoms with Gasteiger partial charge in [0.25, 0.3) is 5.91 Å². The molecule has 0 aliphatic heterocycles. The van der Waals surface area contributed by atoms with E-state index in [2.05, 4.69) is 31.5 Å². The van der Waals surface area contributed by atoms with E-state index >= 15 is 0 Å². The van der Waals surface area contributed by atoms with Crippen LogP contribution in [-0.4, -0.2) is 24.6 Å². The standard InChI is InChI=1S/C23H24BrN3O3/c1-16-6-8-17(9-7-16)27-22(28)15-30-23-19(20(24)10-11-21(23)29-2)14-25-13-18-5-3-4-12-26-18/h3-12,25H,13-15H2,1-2H3,(H,27,28). The van der Waals surface area contributed by atoms with Crippen molar-refractivity contribution in [2.45, 2.75) is 20.0 Å². The van der Waals surface area contributed by atoms with E-state index in [1.54, 1.807) is 19.4 Å². The molecule has 0 unspecified atom stereocenters. The van der Waals surface area contributed by atoms with Crippen molar-refractivity contribution in [3.05, 3.63) is 82.1 Å². The minimum absolute atomic E-state index is 0.131. The summed E-state index contributed by atoms with van der Waals surface area (Å²) in [5.41, 5.74) is 3.67. The van der Waals surface area contributed by atoms with Gasteiger partial charge >= 0.3 is 0 Å². The van der Waals surface area contributed by atoms with Gasteiger partial charge < -0.3 is 20.1 Å². The zero-order valence-corrected chi connectivity index (χ0v) is 18.5. The molecule has 3 aromatic rings. The van der Waals surface area contributed by atoms with Gasteiger partial charge in [-0.05, 0) is 43.3 Å². The number of carbonyl (C=O) groups excluding carboxylic acids is 1. The number of anilines is 1. The molecule has 0 atom stereocenters. The average Bonchev–Trinajstić information content (AvgIpc) is 2.76. The molecule has 0 bridgehead atoms. The summed E-state index contributed by atoms with van der Waals surface area (Å²) >= 11 is 3.57. The van der Waals surface area contributed by atoms with Gasteiger partial charge in [-0.1, -0.05) is 39.7 Å². The fourth-order valence-corrected chi connectivity index (χ4v) is 3.31. The van der Waals surface area contributed by atoms with Crippen LogP contribution < -0.4 is 20.1 Å². The van der Waals surface area contributed by atoms with Gasteiger partial charge in [-0.3, -0.25) is 9.78 Å². The Labute approximate surface area is 184 Å². The number of hydrogen-bond acceptors (Lipinski definition) is 5. The lowest BCUT2D eigenvalue weighted by molar-refractivity contribution is -0.118. The summed E-state index contributed by atoms with van der Waals surface area (Å²) in [7, 11) is 1.58. The van der Waals surface area contributed by atoms with Crippen LogP contribution >= 0.6 is 15.9 Å². The quantitative estimate of drug-likeness (QED) is 0.483. The summed E-state index contributed by atoms with van der Waals surface area (Å²) in [5, 5.41) is 6.19. The number of rotatable bonds is 9. The van der Waals surface area contributed by atoms with Gasteiger partial charge in [0.2, 0.25) is 0 Å². The molecule has 0 fully saturated rings. The first kappa shape index (κ1) is 21.8. The van der Waals surface area contributed by atoms with Crippen LogP contribution in [0.2, 0.25) is 0 Å². The molecule has 0 aliphatic carbocycles. The minimum atomic E-state index is -0.242. The van der Waals surface area contributed by atoms with Crippen LogP contribution in [0.3, 0.4) is 0 Å². The number of carbonyl (C=O) groups is 1. The summed E-state index contributed by atoms with van der Waals surface area (Å²) in [4.78, 5) is 16.7. The lowest BCUT2D eigenvalue weighted by atomic mass is 10.1. The SMILES string of the molecule is COc1ccc(Br)c(CNCc2ccccn2)c1OCC(=O)Nc1ccc(C)cc1. The maximum atomic E-state index is 12.4. The van der Waals surface area contributed by atoms with Gasteiger partial charge in [-0.2, -0.15) is 0 Å². The van der Waals surface area contributed by atoms with Crippen LogP contribution in [0.5, 0.6) is 11.5 Å². The largest absolute Gasteiger partial charge is 0.493 e. The van der Waals surface area contributed by atoms with Crippen molar-refractivity contribution in [1.82, 2.24) is 10.3 Å². The van der Waals surface area contributed by atoms with E-state index in [0.29, 0.717) is 24.6 Å². The van der Waals surface area contributed by atoms with Gasteiger partial charge in [0, 0.05) is 35.0 Å². The van der Waals surface area contributed by atoms with E-state index in [4.69, 9.17) is 9.47 Å². The molecule has 7 heteroatoms. The smallest absolute Gasteiger partial charge is 0.262 e. The molecule has 0 radical (unpaired) electrons. The fraction of sp³-hybridized carbons (Fsp3) is 0.217. The maximum Gasteiger partial charge on any atom is 0.262 e. The molecule has 1 aromatic heterocycles. The molecule has 2 aromatic carbocycles. The number of halogens is 1. The van der Waals surface area contributed by atoms with E-state index in [0.717, 1.165) is 27.0 Å². The second kappa shape index (κ2) is 10.8. The first-order valence-electron chi connectivity index (χ1n) is 9.52. The predicted octanol–water partition coefficient (Wildman–Crippen LogP) is 4.47. The molecule has 0 spiro atoms. The molecule has 1 amide bonds. The number of nitrogens with zero attached hydrogens (tertiary/aromatic N) is 1. The fourth-order valence-electron chi connectivity index (χ4n) is 2.86. The van der Waals surface area contributed by atoms with E-state index in [1.807, 2.05) is 55.5 Å². The molecule has 3 rings (SSSR count). The second-order valence-electron chi connectivity index (χ2n) is 6.68. The number of benzene rings is 2. The highest BCUT2D eigenvalue weighted by Gasteiger charge is 2.16. The van der Waals surface area contributed by atoms with Crippen LogP contribution in [0.25, 0.3) is 0 Å². The Morgan fingerprint density at radius 3 is 2.57 bits per heavy atom. The lowest BCUT2D eigenvalue weighted by Gasteiger charge is -2.17. The monoisotopic (exact) mass is 469 g/mol. The first-order chi connectivity index (χ1) is 14.6. The normalized spacial score (nSPS) is 10.5. The lowest BCUT2D eigenvalue weighted by Crippen LogP contribution is -2.21. The number of amides is 1. The second-order valence-corrected chi connectivity index (χ2v) is 7.54. The van der Waals surface area contributed by atoms with E-state index in [-0.39, 0.29) is 12.5 Å². The van der Waals surface area contributed by atoms with Crippen molar-refractivity contribution in [2.75, 3.05) is 19.0 Å². The Kier molecular flexibility index (Phi) is 7.82. The Hall–Kier alpha value is -2.90. The van der Waals surface area contributed by atoms with Gasteiger partial charge in [-0.15, -0.1) is 0 Å². The van der Waals surface area contributed by atoms with Crippen molar-refractivity contribution in [3.63, 3.8) is 0 Å². The zero-order valence-electron chi connectivity index (χ0n) is 16.9. The molecule has 6 nitrogen and oxygen atoms in total. The highest BCUT2D eigenvalue weighted by Crippen LogP contribution is 2.36. The molecule has 0 saturated carbocycles. The maximum absolute atomic E-state index is 12.4. The summed E-state index contributed by atoms with van der Waals surface area (Å²) in [6.07, 6.45) is 1.76. The third-order valence-corrected chi connectivity index (χ3v) is 5.15. The first-order valence-corrected chi connectivity index (χ1v) is 10.3. The van der Waals surface area contributed by atoms with Crippen LogP contribution in [0.15, 0.2) is 65.3 Å². The molecule has 0 saturated heterocycles. The summed E-state index contributed by atoms with van der Waals surface area (Å²) in [6, 6.07) is 17.1. The van der Waals surface area contributed by atoms with Gasteiger partial charge in [-0.25, -0.2) is 0 Å². The Balaban J connectivity index is 1.66. The Morgan fingerprint density at radius 2 is 1.87 bits per heavy atom. The predicted molar refractivity (Wildman–Crippen MR) is 121 cm³/mol. The molecular weight excluding hydrogens is 446 g/mol. The van der Waals surface area contributed by atoms with E-state index in [1.165, 1.54) is 0 Å². The number of ether oxygens (including phenoxy) is 2. The highest BCUT2D eigenvalue weighted by molar-refractivity contribution is 9.10. The van der Waals surface area contributed by atoms with Crippen molar-refractivity contribution in [1.29, 1.82) is 0 Å². The van der Waals surface area contributed by atoms with Crippen molar-refractivity contribution in [3.8, 4) is 11.5 Å². The third-order valence-electron chi connectivity index (χ3n) is 4.40. The molecule has 156 valence electrons. The summed E-state index contributed by atoms with van der Waals surface area (Å²) in [5.74, 6) is 0.851. The summed E-state index contributed by atoms with van der Waals surface area (Å²) in [6.45, 7) is 2.99. The van der Waals surface area contributed by atoms with Gasteiger partial charge in [0.15, 0.2) is 18.1 Å². The highest BCUT2D eigenvalue weighted by atomic mass is 79.9. The number of aromatic nitrogens is 1. The number of methoxy groups -OCH3 is 1. The number of aryl methyl sites for hydroxylation is 1. The van der Waals surface area contributed by atoms with E-state index in [9.17, 15) is 4.79 Å². The molecule has 0 aliphatic rings.